The van der Waals surface area contributed by atoms with Crippen LogP contribution < -0.4 is 0 Å². The van der Waals surface area contributed by atoms with Crippen molar-refractivity contribution in [3.63, 3.8) is 0 Å². The van der Waals surface area contributed by atoms with Crippen LogP contribution in [0.25, 0.3) is 98.4 Å². The number of benzene rings is 8. The number of nitrogens with zero attached hydrogens (tertiary/aromatic N) is 2. The van der Waals surface area contributed by atoms with Gasteiger partial charge in [-0.15, -0.1) is 0 Å². The molecule has 0 bridgehead atoms. The van der Waals surface area contributed by atoms with Gasteiger partial charge in [-0.1, -0.05) is 111 Å². The van der Waals surface area contributed by atoms with E-state index in [1.807, 2.05) is 12.3 Å². The minimum absolute atomic E-state index is 0.0499. The second kappa shape index (κ2) is 10.8. The average Bonchev–Trinajstić information content (AvgIpc) is 3.43. The van der Waals surface area contributed by atoms with E-state index in [1.54, 1.807) is 0 Å². The van der Waals surface area contributed by atoms with E-state index in [4.69, 9.17) is 9.97 Å². The van der Waals surface area contributed by atoms with Crippen LogP contribution in [0.15, 0.2) is 146 Å². The largest absolute Gasteiger partial charge is 0.254 e. The van der Waals surface area contributed by atoms with E-state index in [0.717, 1.165) is 33.1 Å². The molecule has 0 N–H and O–H groups in total. The summed E-state index contributed by atoms with van der Waals surface area (Å²) in [6.45, 7) is 9.18. The minimum atomic E-state index is -0.0499. The van der Waals surface area contributed by atoms with Crippen molar-refractivity contribution in [3.8, 4) is 33.5 Å². The summed E-state index contributed by atoms with van der Waals surface area (Å²) in [5, 5.41) is 12.5. The first-order chi connectivity index (χ1) is 25.9. The van der Waals surface area contributed by atoms with Gasteiger partial charge < -0.3 is 0 Å². The van der Waals surface area contributed by atoms with E-state index in [2.05, 4.69) is 161 Å². The standard InChI is InChI=1S/C51H36N2/c1-29-25-41(48-22-21-39-33-13-6-5-12-32(33)38-17-11-23-52-49(38)50(39)53-48)30(2)24-40(29)31-19-20-36-42(26-31)34-14-7-8-15-35(34)43-27-45-37-16-9-10-18-46(37)51(3,4)47(45)28-44(36)43/h5-28H,1-4H3. The van der Waals surface area contributed by atoms with Gasteiger partial charge in [-0.3, -0.25) is 4.98 Å². The Bertz CT molecular complexity index is 3190. The Hall–Kier alpha value is -6.38. The Kier molecular flexibility index (Phi) is 6.18. The van der Waals surface area contributed by atoms with Gasteiger partial charge >= 0.3 is 0 Å². The number of hydrogen-bond donors (Lipinski definition) is 0. The summed E-state index contributed by atoms with van der Waals surface area (Å²) in [5.74, 6) is 0. The van der Waals surface area contributed by atoms with Crippen LogP contribution in [0.2, 0.25) is 0 Å². The Morgan fingerprint density at radius 2 is 0.962 bits per heavy atom. The molecule has 1 aliphatic carbocycles. The molecule has 0 spiro atoms. The summed E-state index contributed by atoms with van der Waals surface area (Å²) in [5.41, 5.74) is 14.4. The fourth-order valence-corrected chi connectivity index (χ4v) is 9.49. The van der Waals surface area contributed by atoms with Crippen LogP contribution in [0.1, 0.15) is 36.1 Å². The SMILES string of the molecule is Cc1cc(-c2ccc3c4ccccc4c4cccnc4c3n2)c(C)cc1-c1ccc2c(c1)c1ccccc1c1cc3c(cc21)C(C)(C)c1ccccc1-3. The quantitative estimate of drug-likeness (QED) is 0.170. The molecule has 2 aromatic heterocycles. The van der Waals surface area contributed by atoms with E-state index in [9.17, 15) is 0 Å². The Morgan fingerprint density at radius 1 is 0.396 bits per heavy atom. The molecular weight excluding hydrogens is 641 g/mol. The third kappa shape index (κ3) is 4.21. The molecule has 2 heteroatoms. The van der Waals surface area contributed by atoms with Crippen molar-refractivity contribution in [2.24, 2.45) is 0 Å². The number of rotatable bonds is 2. The molecule has 0 unspecified atom stereocenters. The highest BCUT2D eigenvalue weighted by Gasteiger charge is 2.35. The molecule has 11 rings (SSSR count). The molecule has 0 amide bonds. The fourth-order valence-electron chi connectivity index (χ4n) is 9.49. The van der Waals surface area contributed by atoms with Crippen LogP contribution >= 0.6 is 0 Å². The van der Waals surface area contributed by atoms with Gasteiger partial charge in [0.15, 0.2) is 0 Å². The van der Waals surface area contributed by atoms with Crippen molar-refractivity contribution in [1.29, 1.82) is 0 Å². The number of fused-ring (bicyclic) bond motifs is 15. The normalized spacial score (nSPS) is 13.4. The summed E-state index contributed by atoms with van der Waals surface area (Å²) < 4.78 is 0. The molecule has 8 aromatic carbocycles. The van der Waals surface area contributed by atoms with Gasteiger partial charge in [0.2, 0.25) is 0 Å². The van der Waals surface area contributed by atoms with Gasteiger partial charge in [0.1, 0.15) is 0 Å². The van der Waals surface area contributed by atoms with Crippen LogP contribution in [0.3, 0.4) is 0 Å². The lowest BCUT2D eigenvalue weighted by molar-refractivity contribution is 0.661. The lowest BCUT2D eigenvalue weighted by atomic mass is 9.81. The molecule has 2 heterocycles. The number of aryl methyl sites for hydroxylation is 2. The first-order valence-electron chi connectivity index (χ1n) is 18.6. The zero-order chi connectivity index (χ0) is 35.6. The fraction of sp³-hybridized carbons (Fsp3) is 0.0980. The predicted molar refractivity (Wildman–Crippen MR) is 225 cm³/mol. The van der Waals surface area contributed by atoms with Gasteiger partial charge in [-0.2, -0.15) is 0 Å². The van der Waals surface area contributed by atoms with E-state index < -0.39 is 0 Å². The number of aromatic nitrogens is 2. The Labute approximate surface area is 308 Å². The van der Waals surface area contributed by atoms with Crippen molar-refractivity contribution in [1.82, 2.24) is 9.97 Å². The van der Waals surface area contributed by atoms with Crippen LogP contribution in [0, 0.1) is 13.8 Å². The van der Waals surface area contributed by atoms with Crippen molar-refractivity contribution in [2.45, 2.75) is 33.1 Å². The first-order valence-corrected chi connectivity index (χ1v) is 18.6. The maximum Gasteiger partial charge on any atom is 0.0978 e. The summed E-state index contributed by atoms with van der Waals surface area (Å²) in [6.07, 6.45) is 1.87. The molecule has 0 saturated heterocycles. The van der Waals surface area contributed by atoms with Crippen molar-refractivity contribution in [2.75, 3.05) is 0 Å². The van der Waals surface area contributed by atoms with Gasteiger partial charge in [-0.05, 0) is 144 Å². The Morgan fingerprint density at radius 3 is 1.74 bits per heavy atom. The summed E-state index contributed by atoms with van der Waals surface area (Å²) in [6, 6.07) is 51.7. The van der Waals surface area contributed by atoms with E-state index >= 15 is 0 Å². The molecule has 0 aliphatic heterocycles. The van der Waals surface area contributed by atoms with Gasteiger partial charge in [-0.25, -0.2) is 4.98 Å². The van der Waals surface area contributed by atoms with Gasteiger partial charge in [0, 0.05) is 27.9 Å². The third-order valence-electron chi connectivity index (χ3n) is 12.1. The van der Waals surface area contributed by atoms with Gasteiger partial charge in [0.25, 0.3) is 0 Å². The zero-order valence-corrected chi connectivity index (χ0v) is 30.3. The highest BCUT2D eigenvalue weighted by atomic mass is 14.8. The highest BCUT2D eigenvalue weighted by Crippen LogP contribution is 2.51. The van der Waals surface area contributed by atoms with Crippen LogP contribution in [-0.2, 0) is 5.41 Å². The summed E-state index contributed by atoms with van der Waals surface area (Å²) >= 11 is 0. The van der Waals surface area contributed by atoms with Crippen LogP contribution in [-0.4, -0.2) is 9.97 Å². The van der Waals surface area contributed by atoms with Crippen molar-refractivity contribution in [3.05, 3.63) is 168 Å². The van der Waals surface area contributed by atoms with Crippen LogP contribution in [0.5, 0.6) is 0 Å². The smallest absolute Gasteiger partial charge is 0.0978 e. The van der Waals surface area contributed by atoms with E-state index in [1.165, 1.54) is 87.6 Å². The van der Waals surface area contributed by atoms with E-state index in [-0.39, 0.29) is 5.41 Å². The third-order valence-corrected chi connectivity index (χ3v) is 12.1. The second-order valence-corrected chi connectivity index (χ2v) is 15.4. The molecule has 2 nitrogen and oxygen atoms in total. The lowest BCUT2D eigenvalue weighted by Gasteiger charge is -2.22. The molecule has 1 aliphatic rings. The van der Waals surface area contributed by atoms with Crippen molar-refractivity contribution < 1.29 is 0 Å². The molecule has 0 radical (unpaired) electrons. The first kappa shape index (κ1) is 30.3. The monoisotopic (exact) mass is 676 g/mol. The number of pyridine rings is 2. The molecule has 10 aromatic rings. The molecule has 0 saturated carbocycles. The maximum atomic E-state index is 5.32. The molecule has 53 heavy (non-hydrogen) atoms. The Balaban J connectivity index is 1.08. The van der Waals surface area contributed by atoms with Crippen molar-refractivity contribution >= 4 is 64.9 Å². The summed E-state index contributed by atoms with van der Waals surface area (Å²) in [4.78, 5) is 10.1. The number of hydrogen-bond acceptors (Lipinski definition) is 2. The average molecular weight is 677 g/mol. The molecular formula is C51H36N2. The molecule has 0 fully saturated rings. The molecule has 0 atom stereocenters. The topological polar surface area (TPSA) is 25.8 Å². The second-order valence-electron chi connectivity index (χ2n) is 15.4. The molecule has 250 valence electrons. The van der Waals surface area contributed by atoms with E-state index in [0.29, 0.717) is 0 Å². The zero-order valence-electron chi connectivity index (χ0n) is 30.3. The summed E-state index contributed by atoms with van der Waals surface area (Å²) in [7, 11) is 0. The highest BCUT2D eigenvalue weighted by molar-refractivity contribution is 6.27. The van der Waals surface area contributed by atoms with Crippen LogP contribution in [0.4, 0.5) is 0 Å². The van der Waals surface area contributed by atoms with Gasteiger partial charge in [0.05, 0.1) is 16.7 Å². The lowest BCUT2D eigenvalue weighted by Crippen LogP contribution is -2.14. The maximum absolute atomic E-state index is 5.32. The minimum Gasteiger partial charge on any atom is -0.254 e. The predicted octanol–water partition coefficient (Wildman–Crippen LogP) is 13.7.